The summed E-state index contributed by atoms with van der Waals surface area (Å²) in [6.07, 6.45) is 1.63. The fourth-order valence-corrected chi connectivity index (χ4v) is 1.53. The lowest BCUT2D eigenvalue weighted by Gasteiger charge is -2.01. The number of fused-ring (bicyclic) bond motifs is 1. The van der Waals surface area contributed by atoms with E-state index < -0.39 is 0 Å². The SMILES string of the molecule is O=C(CCl)c1nccc2ccccc12. The minimum atomic E-state index is -0.136. The number of benzene rings is 1. The van der Waals surface area contributed by atoms with E-state index in [0.717, 1.165) is 10.8 Å². The zero-order chi connectivity index (χ0) is 9.97. The summed E-state index contributed by atoms with van der Waals surface area (Å²) in [6.45, 7) is 0. The number of rotatable bonds is 2. The molecule has 0 N–H and O–H groups in total. The maximum atomic E-state index is 11.4. The second-order valence-corrected chi connectivity index (χ2v) is 3.20. The lowest BCUT2D eigenvalue weighted by Crippen LogP contribution is -2.03. The minimum absolute atomic E-state index is 0.0268. The molecule has 0 amide bonds. The Labute approximate surface area is 86.5 Å². The van der Waals surface area contributed by atoms with Crippen LogP contribution in [0.25, 0.3) is 10.8 Å². The van der Waals surface area contributed by atoms with Gasteiger partial charge in [0.25, 0.3) is 0 Å². The van der Waals surface area contributed by atoms with Gasteiger partial charge in [0.2, 0.25) is 0 Å². The van der Waals surface area contributed by atoms with E-state index in [-0.39, 0.29) is 11.7 Å². The molecule has 70 valence electrons. The smallest absolute Gasteiger partial charge is 0.196 e. The third-order valence-electron chi connectivity index (χ3n) is 2.06. The van der Waals surface area contributed by atoms with Gasteiger partial charge in [0, 0.05) is 11.6 Å². The highest BCUT2D eigenvalue weighted by Gasteiger charge is 2.09. The number of carbonyl (C=O) groups is 1. The number of carbonyl (C=O) groups excluding carboxylic acids is 1. The molecule has 0 aliphatic carbocycles. The molecule has 0 aliphatic rings. The number of ketones is 1. The van der Waals surface area contributed by atoms with Crippen LogP contribution in [0.15, 0.2) is 36.5 Å². The summed E-state index contributed by atoms with van der Waals surface area (Å²) < 4.78 is 0. The summed E-state index contributed by atoms with van der Waals surface area (Å²) in [5, 5.41) is 1.87. The highest BCUT2D eigenvalue weighted by atomic mass is 35.5. The Kier molecular flexibility index (Phi) is 2.46. The van der Waals surface area contributed by atoms with Crippen LogP contribution in [-0.4, -0.2) is 16.6 Å². The summed E-state index contributed by atoms with van der Waals surface area (Å²) in [6, 6.07) is 9.51. The van der Waals surface area contributed by atoms with Gasteiger partial charge in [0.1, 0.15) is 5.69 Å². The van der Waals surface area contributed by atoms with Gasteiger partial charge < -0.3 is 0 Å². The molecule has 0 unspecified atom stereocenters. The first-order valence-electron chi connectivity index (χ1n) is 4.26. The van der Waals surface area contributed by atoms with E-state index in [1.165, 1.54) is 0 Å². The monoisotopic (exact) mass is 205 g/mol. The second kappa shape index (κ2) is 3.76. The molecule has 0 saturated carbocycles. The fraction of sp³-hybridized carbons (Fsp3) is 0.0909. The maximum absolute atomic E-state index is 11.4. The summed E-state index contributed by atoms with van der Waals surface area (Å²) in [7, 11) is 0. The average Bonchev–Trinajstić information content (AvgIpc) is 2.27. The van der Waals surface area contributed by atoms with E-state index in [2.05, 4.69) is 4.98 Å². The molecule has 1 aromatic heterocycles. The second-order valence-electron chi connectivity index (χ2n) is 2.94. The molecule has 0 spiro atoms. The standard InChI is InChI=1S/C11H8ClNO/c12-7-10(14)11-9-4-2-1-3-8(9)5-6-13-11/h1-6H,7H2. The van der Waals surface area contributed by atoms with Crippen molar-refractivity contribution >= 4 is 28.2 Å². The third kappa shape index (κ3) is 1.49. The number of Topliss-reactive ketones (excluding diaryl/α,β-unsaturated/α-hetero) is 1. The summed E-state index contributed by atoms with van der Waals surface area (Å²) in [5.41, 5.74) is 0.457. The fourth-order valence-electron chi connectivity index (χ4n) is 1.41. The Balaban J connectivity index is 2.71. The average molecular weight is 206 g/mol. The van der Waals surface area contributed by atoms with Crippen molar-refractivity contribution in [2.45, 2.75) is 0 Å². The van der Waals surface area contributed by atoms with Gasteiger partial charge in [0.05, 0.1) is 5.88 Å². The zero-order valence-electron chi connectivity index (χ0n) is 7.40. The van der Waals surface area contributed by atoms with Crippen molar-refractivity contribution in [2.75, 3.05) is 5.88 Å². The molecule has 1 aromatic carbocycles. The lowest BCUT2D eigenvalue weighted by atomic mass is 10.1. The molecule has 3 heteroatoms. The number of pyridine rings is 1. The van der Waals surface area contributed by atoms with Crippen LogP contribution in [-0.2, 0) is 0 Å². The van der Waals surface area contributed by atoms with E-state index in [1.807, 2.05) is 30.3 Å². The number of halogens is 1. The van der Waals surface area contributed by atoms with E-state index in [0.29, 0.717) is 5.69 Å². The molecule has 0 radical (unpaired) electrons. The quantitative estimate of drug-likeness (QED) is 0.557. The van der Waals surface area contributed by atoms with Crippen molar-refractivity contribution in [2.24, 2.45) is 0 Å². The Morgan fingerprint density at radius 3 is 2.86 bits per heavy atom. The van der Waals surface area contributed by atoms with E-state index in [1.54, 1.807) is 6.20 Å². The van der Waals surface area contributed by atoms with Gasteiger partial charge in [-0.1, -0.05) is 24.3 Å². The topological polar surface area (TPSA) is 30.0 Å². The lowest BCUT2D eigenvalue weighted by molar-refractivity contribution is 0.101. The normalized spacial score (nSPS) is 10.4. The highest BCUT2D eigenvalue weighted by Crippen LogP contribution is 2.16. The Morgan fingerprint density at radius 2 is 2.07 bits per heavy atom. The first-order valence-corrected chi connectivity index (χ1v) is 4.79. The highest BCUT2D eigenvalue weighted by molar-refractivity contribution is 6.31. The molecule has 0 saturated heterocycles. The van der Waals surface area contributed by atoms with Crippen molar-refractivity contribution in [1.29, 1.82) is 0 Å². The van der Waals surface area contributed by atoms with Gasteiger partial charge in [-0.15, -0.1) is 11.6 Å². The molecule has 14 heavy (non-hydrogen) atoms. The van der Waals surface area contributed by atoms with Gasteiger partial charge >= 0.3 is 0 Å². The summed E-state index contributed by atoms with van der Waals surface area (Å²) >= 11 is 5.50. The van der Waals surface area contributed by atoms with Gasteiger partial charge in [0.15, 0.2) is 5.78 Å². The van der Waals surface area contributed by atoms with Crippen LogP contribution in [0.5, 0.6) is 0 Å². The van der Waals surface area contributed by atoms with Crippen LogP contribution in [0.3, 0.4) is 0 Å². The molecular weight excluding hydrogens is 198 g/mol. The van der Waals surface area contributed by atoms with Crippen LogP contribution in [0.4, 0.5) is 0 Å². The molecule has 0 atom stereocenters. The maximum Gasteiger partial charge on any atom is 0.196 e. The molecule has 1 heterocycles. The largest absolute Gasteiger partial charge is 0.291 e. The number of alkyl halides is 1. The first-order chi connectivity index (χ1) is 6.83. The molecule has 0 fully saturated rings. The predicted octanol–water partition coefficient (Wildman–Crippen LogP) is 2.66. The van der Waals surface area contributed by atoms with E-state index >= 15 is 0 Å². The van der Waals surface area contributed by atoms with Gasteiger partial charge in [-0.05, 0) is 11.5 Å². The van der Waals surface area contributed by atoms with Crippen LogP contribution in [0, 0.1) is 0 Å². The first kappa shape index (κ1) is 9.16. The number of nitrogens with zero attached hydrogens (tertiary/aromatic N) is 1. The predicted molar refractivity (Wildman–Crippen MR) is 56.8 cm³/mol. The summed E-state index contributed by atoms with van der Waals surface area (Å²) in [5.74, 6) is -0.162. The van der Waals surface area contributed by atoms with Gasteiger partial charge in [-0.2, -0.15) is 0 Å². The van der Waals surface area contributed by atoms with Crippen molar-refractivity contribution in [1.82, 2.24) is 4.98 Å². The Hall–Kier alpha value is -1.41. The zero-order valence-corrected chi connectivity index (χ0v) is 8.16. The number of hydrogen-bond acceptors (Lipinski definition) is 2. The Morgan fingerprint density at radius 1 is 1.29 bits per heavy atom. The molecular formula is C11H8ClNO. The summed E-state index contributed by atoms with van der Waals surface area (Å²) in [4.78, 5) is 15.5. The molecule has 2 nitrogen and oxygen atoms in total. The van der Waals surface area contributed by atoms with Gasteiger partial charge in [-0.25, -0.2) is 0 Å². The van der Waals surface area contributed by atoms with Crippen LogP contribution in [0.2, 0.25) is 0 Å². The molecule has 0 aliphatic heterocycles. The van der Waals surface area contributed by atoms with Crippen molar-refractivity contribution < 1.29 is 4.79 Å². The molecule has 2 aromatic rings. The van der Waals surface area contributed by atoms with Crippen LogP contribution >= 0.6 is 11.6 Å². The van der Waals surface area contributed by atoms with E-state index in [4.69, 9.17) is 11.6 Å². The molecule has 0 bridgehead atoms. The van der Waals surface area contributed by atoms with Crippen molar-refractivity contribution in [3.05, 3.63) is 42.2 Å². The van der Waals surface area contributed by atoms with E-state index in [9.17, 15) is 4.79 Å². The number of aromatic nitrogens is 1. The molecule has 2 rings (SSSR count). The minimum Gasteiger partial charge on any atom is -0.291 e. The van der Waals surface area contributed by atoms with Crippen molar-refractivity contribution in [3.8, 4) is 0 Å². The van der Waals surface area contributed by atoms with Crippen LogP contribution < -0.4 is 0 Å². The van der Waals surface area contributed by atoms with Crippen molar-refractivity contribution in [3.63, 3.8) is 0 Å². The number of hydrogen-bond donors (Lipinski definition) is 0. The third-order valence-corrected chi connectivity index (χ3v) is 2.30. The van der Waals surface area contributed by atoms with Crippen LogP contribution in [0.1, 0.15) is 10.5 Å². The van der Waals surface area contributed by atoms with Gasteiger partial charge in [-0.3, -0.25) is 9.78 Å². The Bertz CT molecular complexity index is 476.